The number of primary amides is 1. The maximum Gasteiger partial charge on any atom is 0.256 e. The number of fused-ring (bicyclic) bond motifs is 1. The lowest BCUT2D eigenvalue weighted by Gasteiger charge is -2.35. The molecule has 10 heteroatoms. The summed E-state index contributed by atoms with van der Waals surface area (Å²) < 4.78 is 0.709. The minimum absolute atomic E-state index is 0.246. The fraction of sp³-hybridized carbons (Fsp3) is 0.214. The number of hydrogen-bond acceptors (Lipinski definition) is 4. The molecule has 2 aliphatic heterocycles. The minimum Gasteiger partial charge on any atom is -0.368 e. The van der Waals surface area contributed by atoms with Crippen LogP contribution in [-0.4, -0.2) is 35.2 Å². The third-order valence-electron chi connectivity index (χ3n) is 6.88. The van der Waals surface area contributed by atoms with E-state index in [9.17, 15) is 14.4 Å². The highest BCUT2D eigenvalue weighted by Crippen LogP contribution is 2.43. The van der Waals surface area contributed by atoms with Crippen molar-refractivity contribution >= 4 is 68.2 Å². The zero-order chi connectivity index (χ0) is 27.0. The van der Waals surface area contributed by atoms with E-state index >= 15 is 0 Å². The van der Waals surface area contributed by atoms with Gasteiger partial charge in [-0.3, -0.25) is 14.4 Å². The maximum absolute atomic E-state index is 13.8. The van der Waals surface area contributed by atoms with Crippen LogP contribution in [0.25, 0.3) is 0 Å². The number of benzene rings is 3. The lowest BCUT2D eigenvalue weighted by Crippen LogP contribution is -2.51. The molecule has 38 heavy (non-hydrogen) atoms. The van der Waals surface area contributed by atoms with Crippen LogP contribution in [0.5, 0.6) is 0 Å². The van der Waals surface area contributed by atoms with Gasteiger partial charge in [0.25, 0.3) is 11.8 Å². The van der Waals surface area contributed by atoms with Crippen molar-refractivity contribution in [2.45, 2.75) is 30.8 Å². The zero-order valence-electron chi connectivity index (χ0n) is 20.1. The number of nitrogens with zero attached hydrogens (tertiary/aromatic N) is 1. The molecule has 5 rings (SSSR count). The minimum atomic E-state index is -1.28. The molecule has 2 heterocycles. The van der Waals surface area contributed by atoms with E-state index in [1.54, 1.807) is 55.0 Å². The fourth-order valence-corrected chi connectivity index (χ4v) is 5.88. The summed E-state index contributed by atoms with van der Waals surface area (Å²) in [4.78, 5) is 41.1. The Morgan fingerprint density at radius 3 is 2.66 bits per heavy atom. The Kier molecular flexibility index (Phi) is 7.40. The molecule has 0 bridgehead atoms. The molecule has 4 N–H and O–H groups in total. The predicted octanol–water partition coefficient (Wildman–Crippen LogP) is 5.55. The second-order valence-electron chi connectivity index (χ2n) is 9.39. The summed E-state index contributed by atoms with van der Waals surface area (Å²) in [6.07, 6.45) is 3.44. The van der Waals surface area contributed by atoms with Gasteiger partial charge in [0.05, 0.1) is 5.56 Å². The third-order valence-corrected chi connectivity index (χ3v) is 7.84. The van der Waals surface area contributed by atoms with Crippen LogP contribution >= 0.6 is 39.1 Å². The van der Waals surface area contributed by atoms with Crippen molar-refractivity contribution in [3.63, 3.8) is 0 Å². The number of nitrogens with one attached hydrogen (secondary N) is 2. The number of amides is 3. The van der Waals surface area contributed by atoms with E-state index in [2.05, 4.69) is 26.6 Å². The Morgan fingerprint density at radius 1 is 1.11 bits per heavy atom. The van der Waals surface area contributed by atoms with E-state index in [0.29, 0.717) is 50.0 Å². The number of nitrogens with two attached hydrogens (primary N) is 1. The summed E-state index contributed by atoms with van der Waals surface area (Å²) in [6, 6.07) is 16.9. The lowest BCUT2D eigenvalue weighted by molar-refractivity contribution is -0.122. The van der Waals surface area contributed by atoms with Crippen LogP contribution in [0.15, 0.2) is 65.1 Å². The van der Waals surface area contributed by atoms with Crippen LogP contribution in [0.1, 0.15) is 34.3 Å². The molecule has 1 saturated heterocycles. The van der Waals surface area contributed by atoms with E-state index in [1.807, 2.05) is 12.1 Å². The Bertz CT molecular complexity index is 1450. The van der Waals surface area contributed by atoms with E-state index in [-0.39, 0.29) is 18.2 Å². The topological polar surface area (TPSA) is 105 Å². The Balaban J connectivity index is 1.61. The molecule has 7 nitrogen and oxygen atoms in total. The molecule has 1 unspecified atom stereocenters. The highest BCUT2D eigenvalue weighted by atomic mass is 79.9. The quantitative estimate of drug-likeness (QED) is 0.338. The molecule has 0 aromatic heterocycles. The highest BCUT2D eigenvalue weighted by Gasteiger charge is 2.48. The molecule has 195 valence electrons. The second kappa shape index (κ2) is 10.6. The summed E-state index contributed by atoms with van der Waals surface area (Å²) in [5.74, 6) is -1.23. The summed E-state index contributed by atoms with van der Waals surface area (Å²) >= 11 is 16.0. The first-order valence-electron chi connectivity index (χ1n) is 12.1. The molecule has 1 fully saturated rings. The maximum atomic E-state index is 13.8. The summed E-state index contributed by atoms with van der Waals surface area (Å²) in [5.41, 5.74) is 7.17. The van der Waals surface area contributed by atoms with Gasteiger partial charge in [-0.05, 0) is 67.3 Å². The number of piperidine rings is 1. The molecule has 0 aliphatic carbocycles. The van der Waals surface area contributed by atoms with E-state index in [4.69, 9.17) is 28.9 Å². The molecule has 1 radical (unpaired) electrons. The van der Waals surface area contributed by atoms with Crippen molar-refractivity contribution in [3.8, 4) is 0 Å². The van der Waals surface area contributed by atoms with E-state index in [1.165, 1.54) is 4.90 Å². The summed E-state index contributed by atoms with van der Waals surface area (Å²) in [7, 11) is 0. The first-order valence-corrected chi connectivity index (χ1v) is 13.6. The van der Waals surface area contributed by atoms with Gasteiger partial charge in [0.2, 0.25) is 5.91 Å². The normalized spacial score (nSPS) is 20.6. The van der Waals surface area contributed by atoms with Crippen LogP contribution in [-0.2, 0) is 21.5 Å². The van der Waals surface area contributed by atoms with Crippen molar-refractivity contribution in [3.05, 3.63) is 98.3 Å². The molecule has 0 spiro atoms. The second-order valence-corrected chi connectivity index (χ2v) is 11.2. The first kappa shape index (κ1) is 26.5. The molecule has 0 saturated carbocycles. The highest BCUT2D eigenvalue weighted by molar-refractivity contribution is 9.10. The van der Waals surface area contributed by atoms with Crippen LogP contribution in [0, 0.1) is 6.42 Å². The van der Waals surface area contributed by atoms with Gasteiger partial charge in [-0.15, -0.1) is 0 Å². The van der Waals surface area contributed by atoms with Crippen molar-refractivity contribution in [2.75, 3.05) is 17.2 Å². The number of likely N-dealkylation sites (tertiary alicyclic amines) is 1. The standard InChI is InChI=1S/C28H24BrCl2N4O3/c29-17-7-9-20(26(37)35-11-2-1-6-24(35)25(32)36)22(13-17)34-28(15-16-4-3-5-18(30)12-16)21-10-8-19(31)14-23(21)33-27(28)38/h3-10,12-14,24,34H,1-2,11,15H2,(H2,32,36)(H,33,38)/t24?,28-/m0/s1. The van der Waals surface area contributed by atoms with Crippen LogP contribution in [0.2, 0.25) is 10.0 Å². The number of hydrogen-bond donors (Lipinski definition) is 3. The monoisotopic (exact) mass is 613 g/mol. The van der Waals surface area contributed by atoms with Gasteiger partial charge in [-0.25, -0.2) is 0 Å². The van der Waals surface area contributed by atoms with Crippen molar-refractivity contribution in [2.24, 2.45) is 5.73 Å². The number of halogens is 3. The zero-order valence-corrected chi connectivity index (χ0v) is 23.2. The van der Waals surface area contributed by atoms with Crippen LogP contribution < -0.4 is 16.4 Å². The van der Waals surface area contributed by atoms with E-state index in [0.717, 1.165) is 12.0 Å². The Labute approximate surface area is 238 Å². The van der Waals surface area contributed by atoms with Crippen LogP contribution in [0.3, 0.4) is 0 Å². The van der Waals surface area contributed by atoms with E-state index < -0.39 is 17.5 Å². The number of carbonyl (C=O) groups is 3. The smallest absolute Gasteiger partial charge is 0.256 e. The van der Waals surface area contributed by atoms with Crippen molar-refractivity contribution < 1.29 is 14.4 Å². The average molecular weight is 615 g/mol. The van der Waals surface area contributed by atoms with Gasteiger partial charge in [0.15, 0.2) is 0 Å². The fourth-order valence-electron chi connectivity index (χ4n) is 5.13. The van der Waals surface area contributed by atoms with Crippen LogP contribution in [0.4, 0.5) is 11.4 Å². The molecule has 2 aliphatic rings. The average Bonchev–Trinajstić information content (AvgIpc) is 3.13. The number of carbonyl (C=O) groups excluding carboxylic acids is 3. The predicted molar refractivity (Wildman–Crippen MR) is 152 cm³/mol. The van der Waals surface area contributed by atoms with Gasteiger partial charge in [-0.1, -0.05) is 57.3 Å². The molecule has 3 aromatic rings. The van der Waals surface area contributed by atoms with Gasteiger partial charge < -0.3 is 21.3 Å². The summed E-state index contributed by atoms with van der Waals surface area (Å²) in [6.45, 7) is 0.397. The third kappa shape index (κ3) is 5.00. The molecule has 2 atom stereocenters. The van der Waals surface area contributed by atoms with Gasteiger partial charge >= 0.3 is 0 Å². The number of rotatable bonds is 6. The van der Waals surface area contributed by atoms with Crippen molar-refractivity contribution in [1.29, 1.82) is 0 Å². The molecular weight excluding hydrogens is 591 g/mol. The lowest BCUT2D eigenvalue weighted by atomic mass is 9.84. The van der Waals surface area contributed by atoms with Gasteiger partial charge in [-0.2, -0.15) is 0 Å². The Morgan fingerprint density at radius 2 is 1.89 bits per heavy atom. The number of anilines is 2. The van der Waals surface area contributed by atoms with Gasteiger partial charge in [0.1, 0.15) is 11.6 Å². The molecule has 3 aromatic carbocycles. The Hall–Kier alpha value is -3.07. The van der Waals surface area contributed by atoms with Crippen molar-refractivity contribution in [1.82, 2.24) is 4.90 Å². The largest absolute Gasteiger partial charge is 0.368 e. The van der Waals surface area contributed by atoms with Gasteiger partial charge in [0, 0.05) is 44.4 Å². The SMILES string of the molecule is NC(=O)C1[CH]CCCN1C(=O)c1ccc(Br)cc1N[C@]1(Cc2cccc(Cl)c2)C(=O)Nc2cc(Cl)ccc21. The molecule has 3 amide bonds. The molecular formula is C28H24BrCl2N4O3. The summed E-state index contributed by atoms with van der Waals surface area (Å²) in [5, 5.41) is 7.39. The first-order chi connectivity index (χ1) is 18.2.